The van der Waals surface area contributed by atoms with E-state index in [1.807, 2.05) is 6.07 Å². The summed E-state index contributed by atoms with van der Waals surface area (Å²) in [5.74, 6) is 0.887. The normalized spacial score (nSPS) is 17.7. The summed E-state index contributed by atoms with van der Waals surface area (Å²) >= 11 is 0. The first-order chi connectivity index (χ1) is 19.9. The van der Waals surface area contributed by atoms with Gasteiger partial charge in [-0.1, -0.05) is 6.07 Å². The van der Waals surface area contributed by atoms with E-state index in [1.165, 1.54) is 31.5 Å². The Hall–Kier alpha value is -3.84. The Morgan fingerprint density at radius 1 is 1.00 bits per heavy atom. The molecule has 2 aromatic rings. The molecule has 228 valence electrons. The van der Waals surface area contributed by atoms with Gasteiger partial charge in [0.2, 0.25) is 33.0 Å². The zero-order valence-corrected chi connectivity index (χ0v) is 25.6. The monoisotopic (exact) mass is 602 g/mol. The minimum Gasteiger partial charge on any atom is -0.493 e. The molecule has 2 unspecified atom stereocenters. The van der Waals surface area contributed by atoms with Gasteiger partial charge in [-0.05, 0) is 54.7 Å². The van der Waals surface area contributed by atoms with Crippen LogP contribution in [0, 0.1) is 0 Å². The molecule has 1 aliphatic carbocycles. The molecule has 4 rings (SSSR count). The topological polar surface area (TPSA) is 144 Å². The van der Waals surface area contributed by atoms with Crippen molar-refractivity contribution in [3.8, 4) is 28.4 Å². The third-order valence-corrected chi connectivity index (χ3v) is 8.98. The molecule has 1 heterocycles. The number of nitrogens with zero attached hydrogens (tertiary/aromatic N) is 2. The molecule has 1 fully saturated rings. The van der Waals surface area contributed by atoms with E-state index in [1.54, 1.807) is 31.1 Å². The molecule has 2 aliphatic rings. The molecule has 13 heteroatoms. The molecule has 0 bridgehead atoms. The van der Waals surface area contributed by atoms with Gasteiger partial charge in [-0.3, -0.25) is 14.4 Å². The largest absolute Gasteiger partial charge is 0.493 e. The zero-order valence-electron chi connectivity index (χ0n) is 24.8. The number of hydrogen-bond acceptors (Lipinski definition) is 9. The SMILES string of the molecule is COc1cc2c(c(OC)c1OC)-c1ccc(NC(C)C(=O)N3CCN(S(C)(=O)=O)CC3)c(=O)cc1C(NC(C)=O)CC2. The summed E-state index contributed by atoms with van der Waals surface area (Å²) in [5, 5.41) is 6.03. The number of hydrogen-bond donors (Lipinski definition) is 2. The highest BCUT2D eigenvalue weighted by Gasteiger charge is 2.31. The number of fused-ring (bicyclic) bond motifs is 3. The molecule has 2 N–H and O–H groups in total. The van der Waals surface area contributed by atoms with Gasteiger partial charge in [0.25, 0.3) is 0 Å². The number of piperazine rings is 1. The van der Waals surface area contributed by atoms with E-state index >= 15 is 0 Å². The number of amides is 2. The van der Waals surface area contributed by atoms with Gasteiger partial charge in [0.15, 0.2) is 11.5 Å². The van der Waals surface area contributed by atoms with Crippen molar-refractivity contribution in [3.05, 3.63) is 45.6 Å². The fraction of sp³-hybridized carbons (Fsp3) is 0.483. The number of methoxy groups -OCH3 is 3. The first-order valence-corrected chi connectivity index (χ1v) is 15.5. The lowest BCUT2D eigenvalue weighted by molar-refractivity contribution is -0.132. The number of benzene rings is 1. The molecule has 2 atom stereocenters. The summed E-state index contributed by atoms with van der Waals surface area (Å²) in [6, 6.07) is 5.58. The number of carbonyl (C=O) groups is 2. The molecule has 0 saturated carbocycles. The predicted molar refractivity (Wildman–Crippen MR) is 159 cm³/mol. The van der Waals surface area contributed by atoms with E-state index < -0.39 is 22.1 Å². The number of sulfonamides is 1. The Labute approximate surface area is 246 Å². The second-order valence-corrected chi connectivity index (χ2v) is 12.4. The van der Waals surface area contributed by atoms with E-state index in [-0.39, 0.29) is 49.1 Å². The number of ether oxygens (including phenoxy) is 3. The second-order valence-electron chi connectivity index (χ2n) is 10.4. The lowest BCUT2D eigenvalue weighted by Crippen LogP contribution is -2.53. The lowest BCUT2D eigenvalue weighted by Gasteiger charge is -2.34. The van der Waals surface area contributed by atoms with E-state index in [2.05, 4.69) is 10.6 Å². The Balaban J connectivity index is 1.74. The van der Waals surface area contributed by atoms with Gasteiger partial charge in [0, 0.05) is 38.7 Å². The van der Waals surface area contributed by atoms with Gasteiger partial charge in [-0.25, -0.2) is 8.42 Å². The van der Waals surface area contributed by atoms with Crippen molar-refractivity contribution in [1.29, 1.82) is 0 Å². The minimum absolute atomic E-state index is 0.210. The van der Waals surface area contributed by atoms with Crippen LogP contribution in [-0.2, 0) is 26.0 Å². The maximum atomic E-state index is 13.6. The van der Waals surface area contributed by atoms with Crippen LogP contribution in [0.5, 0.6) is 17.2 Å². The molecular formula is C29H38N4O8S. The fourth-order valence-electron chi connectivity index (χ4n) is 5.64. The summed E-state index contributed by atoms with van der Waals surface area (Å²) in [7, 11) is 1.27. The van der Waals surface area contributed by atoms with Gasteiger partial charge in [0.05, 0.1) is 39.3 Å². The van der Waals surface area contributed by atoms with Crippen molar-refractivity contribution in [1.82, 2.24) is 14.5 Å². The van der Waals surface area contributed by atoms with Crippen molar-refractivity contribution in [3.63, 3.8) is 0 Å². The van der Waals surface area contributed by atoms with Gasteiger partial charge in [-0.2, -0.15) is 4.31 Å². The average Bonchev–Trinajstić information content (AvgIpc) is 3.19. The molecule has 2 aromatic carbocycles. The summed E-state index contributed by atoms with van der Waals surface area (Å²) in [5.41, 5.74) is 2.79. The molecule has 0 radical (unpaired) electrons. The van der Waals surface area contributed by atoms with Crippen LogP contribution >= 0.6 is 0 Å². The fourth-order valence-corrected chi connectivity index (χ4v) is 6.46. The molecule has 0 spiro atoms. The first kappa shape index (κ1) is 31.1. The summed E-state index contributed by atoms with van der Waals surface area (Å²) in [6.07, 6.45) is 2.25. The Morgan fingerprint density at radius 3 is 2.24 bits per heavy atom. The number of nitrogens with one attached hydrogen (secondary N) is 2. The van der Waals surface area contributed by atoms with E-state index in [0.29, 0.717) is 41.2 Å². The van der Waals surface area contributed by atoms with Crippen molar-refractivity contribution in [2.45, 2.75) is 38.8 Å². The van der Waals surface area contributed by atoms with Crippen LogP contribution in [0.15, 0.2) is 29.1 Å². The molecule has 42 heavy (non-hydrogen) atoms. The molecule has 0 aromatic heterocycles. The maximum Gasteiger partial charge on any atom is 0.244 e. The Bertz CT molecular complexity index is 1540. The van der Waals surface area contributed by atoms with Crippen LogP contribution in [0.1, 0.15) is 37.4 Å². The van der Waals surface area contributed by atoms with Crippen molar-refractivity contribution in [2.75, 3.05) is 59.1 Å². The van der Waals surface area contributed by atoms with E-state index in [0.717, 1.165) is 17.4 Å². The number of aryl methyl sites for hydroxylation is 1. The van der Waals surface area contributed by atoms with Crippen LogP contribution in [0.25, 0.3) is 11.1 Å². The molecular weight excluding hydrogens is 564 g/mol. The zero-order chi connectivity index (χ0) is 30.8. The van der Waals surface area contributed by atoms with E-state index in [9.17, 15) is 22.8 Å². The summed E-state index contributed by atoms with van der Waals surface area (Å²) in [4.78, 5) is 40.5. The van der Waals surface area contributed by atoms with Gasteiger partial charge in [0.1, 0.15) is 6.04 Å². The van der Waals surface area contributed by atoms with Crippen molar-refractivity contribution >= 4 is 27.5 Å². The third-order valence-electron chi connectivity index (χ3n) is 7.68. The molecule has 1 saturated heterocycles. The lowest BCUT2D eigenvalue weighted by atomic mass is 9.95. The van der Waals surface area contributed by atoms with Gasteiger partial charge in [-0.15, -0.1) is 0 Å². The smallest absolute Gasteiger partial charge is 0.244 e. The van der Waals surface area contributed by atoms with E-state index in [4.69, 9.17) is 14.2 Å². The number of anilines is 1. The Morgan fingerprint density at radius 2 is 1.67 bits per heavy atom. The number of carbonyl (C=O) groups excluding carboxylic acids is 2. The molecule has 2 amide bonds. The molecule has 1 aliphatic heterocycles. The van der Waals surface area contributed by atoms with Gasteiger partial charge < -0.3 is 29.7 Å². The van der Waals surface area contributed by atoms with Crippen molar-refractivity contribution in [2.24, 2.45) is 0 Å². The third kappa shape index (κ3) is 6.31. The standard InChI is InChI=1S/C29H38N4O8S/c1-17(29(36)32-11-13-33(14-12-32)42(6,37)38)30-23-10-8-20-21(16-24(23)35)22(31-18(2)34)9-7-19-15-25(39-3)27(40-4)28(41-5)26(19)20/h8,10,15-17,22H,7,9,11-14H2,1-6H3,(H,30,35)(H,31,34). The maximum absolute atomic E-state index is 13.6. The Kier molecular flexibility index (Phi) is 9.31. The summed E-state index contributed by atoms with van der Waals surface area (Å²) < 4.78 is 42.0. The summed E-state index contributed by atoms with van der Waals surface area (Å²) in [6.45, 7) is 4.06. The first-order valence-electron chi connectivity index (χ1n) is 13.7. The average molecular weight is 603 g/mol. The highest BCUT2D eigenvalue weighted by Crippen LogP contribution is 2.50. The van der Waals surface area contributed by atoms with Gasteiger partial charge >= 0.3 is 0 Å². The molecule has 12 nitrogen and oxygen atoms in total. The highest BCUT2D eigenvalue weighted by molar-refractivity contribution is 7.88. The van der Waals surface area contributed by atoms with Crippen LogP contribution in [0.3, 0.4) is 0 Å². The number of rotatable bonds is 8. The minimum atomic E-state index is -3.33. The highest BCUT2D eigenvalue weighted by atomic mass is 32.2. The van der Waals surface area contributed by atoms with Crippen LogP contribution in [0.4, 0.5) is 5.69 Å². The van der Waals surface area contributed by atoms with Crippen LogP contribution < -0.4 is 30.3 Å². The van der Waals surface area contributed by atoms with Crippen LogP contribution in [-0.4, -0.2) is 89.2 Å². The predicted octanol–water partition coefficient (Wildman–Crippen LogP) is 1.77. The van der Waals surface area contributed by atoms with Crippen LogP contribution in [0.2, 0.25) is 0 Å². The quantitative estimate of drug-likeness (QED) is 0.462. The second kappa shape index (κ2) is 12.6. The van der Waals surface area contributed by atoms with Crippen molar-refractivity contribution < 1.29 is 32.2 Å².